The largest absolute Gasteiger partial charge is 0.480 e. The zero-order valence-corrected chi connectivity index (χ0v) is 8.12. The van der Waals surface area contributed by atoms with Crippen LogP contribution in [0.3, 0.4) is 0 Å². The molecule has 74 valence electrons. The van der Waals surface area contributed by atoms with E-state index < -0.39 is 11.5 Å². The molecule has 0 aromatic rings. The minimum Gasteiger partial charge on any atom is -0.480 e. The van der Waals surface area contributed by atoms with Gasteiger partial charge < -0.3 is 5.11 Å². The standard InChI is InChI=1S/C10H17NO2/c1-10(9(12)13)6-3-7-11(10)8-4-2-5-8/h8H,2-7H2,1H3,(H,12,13). The first-order valence-electron chi connectivity index (χ1n) is 5.15. The van der Waals surface area contributed by atoms with Crippen LogP contribution >= 0.6 is 0 Å². The molecule has 0 radical (unpaired) electrons. The Labute approximate surface area is 78.7 Å². The lowest BCUT2D eigenvalue weighted by atomic mass is 9.88. The minimum atomic E-state index is -0.642. The van der Waals surface area contributed by atoms with Crippen molar-refractivity contribution in [3.8, 4) is 0 Å². The van der Waals surface area contributed by atoms with Gasteiger partial charge in [0.25, 0.3) is 0 Å². The molecule has 0 bridgehead atoms. The number of carboxylic acid groups (broad SMARTS) is 1. The zero-order valence-electron chi connectivity index (χ0n) is 8.12. The van der Waals surface area contributed by atoms with E-state index in [0.29, 0.717) is 6.04 Å². The maximum atomic E-state index is 11.1. The van der Waals surface area contributed by atoms with Crippen LogP contribution in [0.25, 0.3) is 0 Å². The number of nitrogens with zero attached hydrogens (tertiary/aromatic N) is 1. The first kappa shape index (κ1) is 9.00. The fourth-order valence-electron chi connectivity index (χ4n) is 2.50. The first-order valence-corrected chi connectivity index (χ1v) is 5.15. The second kappa shape index (κ2) is 2.98. The van der Waals surface area contributed by atoms with Gasteiger partial charge in [-0.2, -0.15) is 0 Å². The van der Waals surface area contributed by atoms with Crippen molar-refractivity contribution in [1.29, 1.82) is 0 Å². The van der Waals surface area contributed by atoms with E-state index in [1.54, 1.807) is 0 Å². The third kappa shape index (κ3) is 1.26. The lowest BCUT2D eigenvalue weighted by Gasteiger charge is -2.42. The van der Waals surface area contributed by atoms with Crippen LogP contribution in [-0.2, 0) is 4.79 Å². The predicted octanol–water partition coefficient (Wildman–Crippen LogP) is 1.48. The van der Waals surface area contributed by atoms with Gasteiger partial charge >= 0.3 is 5.97 Å². The van der Waals surface area contributed by atoms with Crippen molar-refractivity contribution in [1.82, 2.24) is 4.90 Å². The van der Waals surface area contributed by atoms with Crippen LogP contribution < -0.4 is 0 Å². The summed E-state index contributed by atoms with van der Waals surface area (Å²) >= 11 is 0. The lowest BCUT2D eigenvalue weighted by Crippen LogP contribution is -2.54. The van der Waals surface area contributed by atoms with Crippen LogP contribution in [0.15, 0.2) is 0 Å². The zero-order chi connectivity index (χ0) is 9.47. The molecule has 0 aromatic heterocycles. The molecule has 2 rings (SSSR count). The Hall–Kier alpha value is -0.570. The molecule has 1 atom stereocenters. The minimum absolute atomic E-state index is 0.559. The van der Waals surface area contributed by atoms with E-state index in [-0.39, 0.29) is 0 Å². The number of carbonyl (C=O) groups is 1. The van der Waals surface area contributed by atoms with Crippen LogP contribution in [0.1, 0.15) is 39.0 Å². The molecule has 2 fully saturated rings. The highest BCUT2D eigenvalue weighted by molar-refractivity contribution is 5.78. The Kier molecular flexibility index (Phi) is 2.06. The molecule has 0 aromatic carbocycles. The van der Waals surface area contributed by atoms with Crippen molar-refractivity contribution in [2.75, 3.05) is 6.54 Å². The molecule has 3 nitrogen and oxygen atoms in total. The molecule has 1 aliphatic carbocycles. The Morgan fingerprint density at radius 2 is 2.15 bits per heavy atom. The molecule has 0 amide bonds. The van der Waals surface area contributed by atoms with Crippen molar-refractivity contribution in [3.05, 3.63) is 0 Å². The van der Waals surface area contributed by atoms with Crippen molar-refractivity contribution >= 4 is 5.97 Å². The van der Waals surface area contributed by atoms with E-state index >= 15 is 0 Å². The van der Waals surface area contributed by atoms with Gasteiger partial charge in [0.15, 0.2) is 0 Å². The van der Waals surface area contributed by atoms with E-state index in [9.17, 15) is 4.79 Å². The van der Waals surface area contributed by atoms with Crippen LogP contribution in [0.2, 0.25) is 0 Å². The summed E-state index contributed by atoms with van der Waals surface area (Å²) in [4.78, 5) is 13.3. The van der Waals surface area contributed by atoms with Crippen LogP contribution in [0.4, 0.5) is 0 Å². The fraction of sp³-hybridized carbons (Fsp3) is 0.900. The molecule has 2 aliphatic rings. The monoisotopic (exact) mass is 183 g/mol. The molecule has 1 saturated heterocycles. The Bertz CT molecular complexity index is 225. The predicted molar refractivity (Wildman–Crippen MR) is 49.6 cm³/mol. The molecule has 1 N–H and O–H groups in total. The summed E-state index contributed by atoms with van der Waals surface area (Å²) < 4.78 is 0. The van der Waals surface area contributed by atoms with Crippen LogP contribution in [-0.4, -0.2) is 34.1 Å². The SMILES string of the molecule is CC1(C(=O)O)CCCN1C1CCC1. The number of likely N-dealkylation sites (tertiary alicyclic amines) is 1. The molecule has 1 saturated carbocycles. The van der Waals surface area contributed by atoms with Crippen LogP contribution in [0.5, 0.6) is 0 Å². The molecule has 1 aliphatic heterocycles. The third-order valence-electron chi connectivity index (χ3n) is 3.67. The highest BCUT2D eigenvalue weighted by Gasteiger charge is 2.47. The van der Waals surface area contributed by atoms with Crippen molar-refractivity contribution in [2.24, 2.45) is 0 Å². The molecule has 1 heterocycles. The number of carboxylic acids is 1. The fourth-order valence-corrected chi connectivity index (χ4v) is 2.50. The van der Waals surface area contributed by atoms with E-state index in [4.69, 9.17) is 5.11 Å². The third-order valence-corrected chi connectivity index (χ3v) is 3.67. The number of rotatable bonds is 2. The van der Waals surface area contributed by atoms with Gasteiger partial charge in [-0.1, -0.05) is 6.42 Å². The van der Waals surface area contributed by atoms with Crippen LogP contribution in [0, 0.1) is 0 Å². The number of hydrogen-bond acceptors (Lipinski definition) is 2. The van der Waals surface area contributed by atoms with E-state index in [2.05, 4.69) is 4.90 Å². The van der Waals surface area contributed by atoms with Crippen molar-refractivity contribution < 1.29 is 9.90 Å². The van der Waals surface area contributed by atoms with Gasteiger partial charge in [-0.05, 0) is 39.2 Å². The normalized spacial score (nSPS) is 36.1. The lowest BCUT2D eigenvalue weighted by molar-refractivity contribution is -0.151. The Morgan fingerprint density at radius 1 is 1.46 bits per heavy atom. The molecular formula is C10H17NO2. The summed E-state index contributed by atoms with van der Waals surface area (Å²) in [6.07, 6.45) is 5.53. The van der Waals surface area contributed by atoms with E-state index in [0.717, 1.165) is 19.4 Å². The molecule has 3 heteroatoms. The van der Waals surface area contributed by atoms with Gasteiger partial charge in [0.1, 0.15) is 5.54 Å². The van der Waals surface area contributed by atoms with Crippen molar-refractivity contribution in [3.63, 3.8) is 0 Å². The van der Waals surface area contributed by atoms with Gasteiger partial charge in [0, 0.05) is 6.04 Å². The van der Waals surface area contributed by atoms with Crippen molar-refractivity contribution in [2.45, 2.75) is 50.6 Å². The smallest absolute Gasteiger partial charge is 0.323 e. The highest BCUT2D eigenvalue weighted by Crippen LogP contribution is 2.37. The molecule has 13 heavy (non-hydrogen) atoms. The number of aliphatic carboxylic acids is 1. The average molecular weight is 183 g/mol. The topological polar surface area (TPSA) is 40.5 Å². The van der Waals surface area contributed by atoms with Gasteiger partial charge in [-0.25, -0.2) is 0 Å². The highest BCUT2D eigenvalue weighted by atomic mass is 16.4. The molecule has 1 unspecified atom stereocenters. The van der Waals surface area contributed by atoms with Gasteiger partial charge in [-0.3, -0.25) is 9.69 Å². The molecular weight excluding hydrogens is 166 g/mol. The summed E-state index contributed by atoms with van der Waals surface area (Å²) in [6.45, 7) is 2.86. The van der Waals surface area contributed by atoms with Gasteiger partial charge in [-0.15, -0.1) is 0 Å². The quantitative estimate of drug-likeness (QED) is 0.705. The summed E-state index contributed by atoms with van der Waals surface area (Å²) in [5.74, 6) is -0.642. The second-order valence-electron chi connectivity index (χ2n) is 4.46. The molecule has 0 spiro atoms. The van der Waals surface area contributed by atoms with Gasteiger partial charge in [0.2, 0.25) is 0 Å². The second-order valence-corrected chi connectivity index (χ2v) is 4.46. The number of hydrogen-bond donors (Lipinski definition) is 1. The van der Waals surface area contributed by atoms with E-state index in [1.165, 1.54) is 19.3 Å². The average Bonchev–Trinajstić information content (AvgIpc) is 2.31. The van der Waals surface area contributed by atoms with E-state index in [1.807, 2.05) is 6.92 Å². The Morgan fingerprint density at radius 3 is 2.62 bits per heavy atom. The summed E-state index contributed by atoms with van der Waals surface area (Å²) in [6, 6.07) is 0.559. The Balaban J connectivity index is 2.12. The maximum Gasteiger partial charge on any atom is 0.323 e. The summed E-state index contributed by atoms with van der Waals surface area (Å²) in [7, 11) is 0. The summed E-state index contributed by atoms with van der Waals surface area (Å²) in [5.41, 5.74) is -0.564. The maximum absolute atomic E-state index is 11.1. The first-order chi connectivity index (χ1) is 6.14. The summed E-state index contributed by atoms with van der Waals surface area (Å²) in [5, 5.41) is 9.17. The van der Waals surface area contributed by atoms with Gasteiger partial charge in [0.05, 0.1) is 0 Å².